The molecule has 2 aromatic rings. The molecule has 1 heterocycles. The molecule has 0 radical (unpaired) electrons. The lowest BCUT2D eigenvalue weighted by Gasteiger charge is -2.33. The Morgan fingerprint density at radius 3 is 2.61 bits per heavy atom. The fraction of sp³-hybridized carbons (Fsp3) is 0.385. The van der Waals surface area contributed by atoms with Gasteiger partial charge in [0.15, 0.2) is 0 Å². The van der Waals surface area contributed by atoms with Crippen molar-refractivity contribution in [3.05, 3.63) is 69.2 Å². The van der Waals surface area contributed by atoms with E-state index in [1.807, 2.05) is 36.1 Å². The summed E-state index contributed by atoms with van der Waals surface area (Å²) in [6.45, 7) is 3.29. The van der Waals surface area contributed by atoms with E-state index in [0.717, 1.165) is 54.5 Å². The molecule has 0 bridgehead atoms. The third-order valence-corrected chi connectivity index (χ3v) is 7.36. The van der Waals surface area contributed by atoms with E-state index in [2.05, 4.69) is 17.5 Å². The number of nitrogens with two attached hydrogens (primary N) is 1. The van der Waals surface area contributed by atoms with Crippen LogP contribution in [-0.2, 0) is 4.79 Å². The summed E-state index contributed by atoms with van der Waals surface area (Å²) < 4.78 is 0. The van der Waals surface area contributed by atoms with Gasteiger partial charge in [0, 0.05) is 40.6 Å². The molecular weight excluding hydrogens is 455 g/mol. The third-order valence-electron chi connectivity index (χ3n) is 6.80. The van der Waals surface area contributed by atoms with Crippen molar-refractivity contribution in [3.63, 3.8) is 0 Å². The van der Waals surface area contributed by atoms with Crippen molar-refractivity contribution in [2.45, 2.75) is 50.6 Å². The molecule has 0 spiro atoms. The normalized spacial score (nSPS) is 18.5. The standard InChI is InChI=1S/C26H30Cl2N4O/c1-17(22-7-6-21(27)15-23(22)28)31-24-14-19(4-5-20(24)16-29)18-8-12-32(13-9-18)25(33)26(30)10-2-3-11-26/h4-8,14-17,29,31H,2-3,9-13,30H2,1H3. The molecule has 0 aromatic heterocycles. The molecule has 2 aromatic carbocycles. The Bertz CT molecular complexity index is 1090. The molecule has 1 atom stereocenters. The van der Waals surface area contributed by atoms with Crippen LogP contribution in [0.15, 0.2) is 42.5 Å². The SMILES string of the molecule is CC(Nc1cc(C2=CCN(C(=O)C3(N)CCCC3)CC2)ccc1C=N)c1ccc(Cl)cc1Cl. The molecule has 1 amide bonds. The maximum absolute atomic E-state index is 12.9. The van der Waals surface area contributed by atoms with E-state index < -0.39 is 5.54 Å². The third kappa shape index (κ3) is 5.11. The van der Waals surface area contributed by atoms with Crippen LogP contribution < -0.4 is 11.1 Å². The molecule has 7 heteroatoms. The number of amides is 1. The highest BCUT2D eigenvalue weighted by Gasteiger charge is 2.40. The molecule has 0 saturated heterocycles. The molecule has 4 N–H and O–H groups in total. The summed E-state index contributed by atoms with van der Waals surface area (Å²) in [4.78, 5) is 14.8. The highest BCUT2D eigenvalue weighted by Crippen LogP contribution is 2.33. The van der Waals surface area contributed by atoms with Gasteiger partial charge in [-0.25, -0.2) is 0 Å². The first kappa shape index (κ1) is 23.8. The Kier molecular flexibility index (Phi) is 7.13. The quantitative estimate of drug-likeness (QED) is 0.436. The van der Waals surface area contributed by atoms with E-state index in [1.165, 1.54) is 11.8 Å². The van der Waals surface area contributed by atoms with Gasteiger partial charge in [-0.15, -0.1) is 0 Å². The molecule has 1 aliphatic heterocycles. The number of nitrogens with zero attached hydrogens (tertiary/aromatic N) is 1. The highest BCUT2D eigenvalue weighted by atomic mass is 35.5. The van der Waals surface area contributed by atoms with Crippen molar-refractivity contribution in [2.24, 2.45) is 5.73 Å². The molecule has 174 valence electrons. The Hall–Kier alpha value is -2.34. The van der Waals surface area contributed by atoms with Gasteiger partial charge in [0.1, 0.15) is 0 Å². The smallest absolute Gasteiger partial charge is 0.242 e. The van der Waals surface area contributed by atoms with Crippen LogP contribution in [0.25, 0.3) is 5.57 Å². The molecule has 1 unspecified atom stereocenters. The monoisotopic (exact) mass is 484 g/mol. The van der Waals surface area contributed by atoms with E-state index in [4.69, 9.17) is 34.3 Å². The number of rotatable bonds is 6. The molecule has 4 rings (SSSR count). The van der Waals surface area contributed by atoms with E-state index in [9.17, 15) is 4.79 Å². The number of benzene rings is 2. The topological polar surface area (TPSA) is 82.2 Å². The Balaban J connectivity index is 1.51. The second-order valence-corrected chi connectivity index (χ2v) is 9.92. The van der Waals surface area contributed by atoms with Gasteiger partial charge < -0.3 is 21.4 Å². The summed E-state index contributed by atoms with van der Waals surface area (Å²) in [5, 5.41) is 12.5. The second kappa shape index (κ2) is 9.88. The van der Waals surface area contributed by atoms with Crippen LogP contribution in [0.5, 0.6) is 0 Å². The van der Waals surface area contributed by atoms with Crippen LogP contribution in [0.4, 0.5) is 5.69 Å². The largest absolute Gasteiger partial charge is 0.378 e. The van der Waals surface area contributed by atoms with Crippen LogP contribution in [0, 0.1) is 5.41 Å². The van der Waals surface area contributed by atoms with Gasteiger partial charge in [0.25, 0.3) is 0 Å². The molecule has 2 aliphatic rings. The Morgan fingerprint density at radius 1 is 1.21 bits per heavy atom. The van der Waals surface area contributed by atoms with Gasteiger partial charge in [0.2, 0.25) is 5.91 Å². The van der Waals surface area contributed by atoms with Crippen molar-refractivity contribution in [2.75, 3.05) is 18.4 Å². The first-order valence-corrected chi connectivity index (χ1v) is 12.2. The minimum atomic E-state index is -0.673. The van der Waals surface area contributed by atoms with Gasteiger partial charge in [-0.3, -0.25) is 4.79 Å². The first-order valence-electron chi connectivity index (χ1n) is 11.4. The minimum Gasteiger partial charge on any atom is -0.378 e. The summed E-state index contributed by atoms with van der Waals surface area (Å²) >= 11 is 12.4. The molecule has 33 heavy (non-hydrogen) atoms. The number of carbonyl (C=O) groups excluding carboxylic acids is 1. The van der Waals surface area contributed by atoms with Crippen molar-refractivity contribution in [3.8, 4) is 0 Å². The van der Waals surface area contributed by atoms with E-state index >= 15 is 0 Å². The lowest BCUT2D eigenvalue weighted by atomic mass is 9.93. The van der Waals surface area contributed by atoms with Crippen LogP contribution in [-0.4, -0.2) is 35.7 Å². The van der Waals surface area contributed by atoms with Gasteiger partial charge in [-0.1, -0.05) is 60.3 Å². The molecule has 1 fully saturated rings. The van der Waals surface area contributed by atoms with Crippen molar-refractivity contribution < 1.29 is 4.79 Å². The summed E-state index contributed by atoms with van der Waals surface area (Å²) in [6.07, 6.45) is 7.90. The van der Waals surface area contributed by atoms with Crippen LogP contribution in [0.2, 0.25) is 10.0 Å². The predicted octanol–water partition coefficient (Wildman–Crippen LogP) is 6.05. The van der Waals surface area contributed by atoms with Crippen LogP contribution in [0.3, 0.4) is 0 Å². The summed E-state index contributed by atoms with van der Waals surface area (Å²) in [7, 11) is 0. The lowest BCUT2D eigenvalue weighted by molar-refractivity contribution is -0.136. The fourth-order valence-electron chi connectivity index (χ4n) is 4.82. The van der Waals surface area contributed by atoms with Crippen LogP contribution in [0.1, 0.15) is 61.8 Å². The highest BCUT2D eigenvalue weighted by molar-refractivity contribution is 6.35. The maximum Gasteiger partial charge on any atom is 0.242 e. The summed E-state index contributed by atoms with van der Waals surface area (Å²) in [5.74, 6) is 0.0884. The number of hydrogen-bond acceptors (Lipinski definition) is 4. The number of anilines is 1. The lowest BCUT2D eigenvalue weighted by Crippen LogP contribution is -2.54. The zero-order chi connectivity index (χ0) is 23.6. The van der Waals surface area contributed by atoms with Crippen molar-refractivity contribution in [1.82, 2.24) is 4.90 Å². The molecule has 5 nitrogen and oxygen atoms in total. The fourth-order valence-corrected chi connectivity index (χ4v) is 5.39. The van der Waals surface area contributed by atoms with Crippen LogP contribution >= 0.6 is 23.2 Å². The molecule has 1 saturated carbocycles. The van der Waals surface area contributed by atoms with E-state index in [-0.39, 0.29) is 11.9 Å². The number of carbonyl (C=O) groups is 1. The van der Waals surface area contributed by atoms with Gasteiger partial charge in [-0.05, 0) is 61.1 Å². The summed E-state index contributed by atoms with van der Waals surface area (Å²) in [5.41, 5.74) is 10.6. The Labute approximate surface area is 205 Å². The van der Waals surface area contributed by atoms with Gasteiger partial charge >= 0.3 is 0 Å². The number of halogens is 2. The second-order valence-electron chi connectivity index (χ2n) is 9.07. The van der Waals surface area contributed by atoms with Gasteiger partial charge in [-0.2, -0.15) is 0 Å². The number of hydrogen-bond donors (Lipinski definition) is 3. The van der Waals surface area contributed by atoms with E-state index in [1.54, 1.807) is 6.07 Å². The minimum absolute atomic E-state index is 0.0654. The summed E-state index contributed by atoms with van der Waals surface area (Å²) in [6, 6.07) is 11.5. The van der Waals surface area contributed by atoms with Crippen molar-refractivity contribution >= 4 is 46.6 Å². The first-order chi connectivity index (χ1) is 15.8. The predicted molar refractivity (Wildman–Crippen MR) is 137 cm³/mol. The molecule has 1 aliphatic carbocycles. The Morgan fingerprint density at radius 2 is 1.97 bits per heavy atom. The maximum atomic E-state index is 12.9. The average Bonchev–Trinajstić information content (AvgIpc) is 3.26. The molecular formula is C26H30Cl2N4O. The van der Waals surface area contributed by atoms with Gasteiger partial charge in [0.05, 0.1) is 11.6 Å². The number of nitrogens with one attached hydrogen (secondary N) is 2. The van der Waals surface area contributed by atoms with Crippen molar-refractivity contribution in [1.29, 1.82) is 5.41 Å². The zero-order valence-electron chi connectivity index (χ0n) is 18.8. The zero-order valence-corrected chi connectivity index (χ0v) is 20.3. The average molecular weight is 485 g/mol. The van der Waals surface area contributed by atoms with E-state index in [0.29, 0.717) is 23.1 Å².